The van der Waals surface area contributed by atoms with Crippen molar-refractivity contribution in [2.45, 2.75) is 30.8 Å². The van der Waals surface area contributed by atoms with Gasteiger partial charge in [-0.1, -0.05) is 23.7 Å². The first-order chi connectivity index (χ1) is 13.0. The fourth-order valence-corrected chi connectivity index (χ4v) is 5.56. The Morgan fingerprint density at radius 1 is 1.15 bits per heavy atom. The van der Waals surface area contributed by atoms with Crippen molar-refractivity contribution in [2.75, 3.05) is 7.05 Å². The largest absolute Gasteiger partial charge is 0.329 e. The van der Waals surface area contributed by atoms with E-state index in [2.05, 4.69) is 31.3 Å². The minimum atomic E-state index is -1.65. The predicted octanol–water partition coefficient (Wildman–Crippen LogP) is 2.23. The Morgan fingerprint density at radius 2 is 1.81 bits per heavy atom. The Balaban J connectivity index is 1.99. The summed E-state index contributed by atoms with van der Waals surface area (Å²) in [5.74, 6) is -1.39. The maximum atomic E-state index is 10.1. The molecule has 2 N–H and O–H groups in total. The van der Waals surface area contributed by atoms with E-state index in [0.29, 0.717) is 11.1 Å². The molecule has 27 heavy (non-hydrogen) atoms. The van der Waals surface area contributed by atoms with Crippen LogP contribution in [-0.4, -0.2) is 24.8 Å². The van der Waals surface area contributed by atoms with E-state index in [4.69, 9.17) is 17.0 Å². The molecule has 2 heterocycles. The fraction of sp³-hybridized carbons (Fsp3) is 0.429. The number of hydrogen-bond donors (Lipinski definition) is 2. The molecule has 2 fully saturated rings. The third kappa shape index (κ3) is 2.28. The number of halogens is 1. The smallest absolute Gasteiger partial charge is 0.189 e. The quantitative estimate of drug-likeness (QED) is 0.735. The minimum absolute atomic E-state index is 0.0867. The molecule has 1 saturated heterocycles. The van der Waals surface area contributed by atoms with Gasteiger partial charge in [0.15, 0.2) is 5.41 Å². The van der Waals surface area contributed by atoms with Crippen LogP contribution in [0.1, 0.15) is 24.3 Å². The molecule has 5 nitrogen and oxygen atoms in total. The van der Waals surface area contributed by atoms with E-state index < -0.39 is 17.3 Å². The van der Waals surface area contributed by atoms with Crippen molar-refractivity contribution in [3.63, 3.8) is 0 Å². The van der Waals surface area contributed by atoms with E-state index >= 15 is 0 Å². The molecular weight excluding hydrogens is 358 g/mol. The lowest BCUT2D eigenvalue weighted by Crippen LogP contribution is -3.15. The Kier molecular flexibility index (Phi) is 4.08. The first-order valence-corrected chi connectivity index (χ1v) is 9.47. The summed E-state index contributed by atoms with van der Waals surface area (Å²) in [6.07, 6.45) is 4.17. The third-order valence-corrected chi connectivity index (χ3v) is 7.01. The molecule has 0 radical (unpaired) electrons. The lowest BCUT2D eigenvalue weighted by molar-refractivity contribution is -0.916. The predicted molar refractivity (Wildman–Crippen MR) is 100.0 cm³/mol. The molecule has 1 aromatic rings. The summed E-state index contributed by atoms with van der Waals surface area (Å²) < 4.78 is 0. The highest BCUT2D eigenvalue weighted by molar-refractivity contribution is 6.30. The zero-order chi connectivity index (χ0) is 19.3. The highest BCUT2D eigenvalue weighted by Gasteiger charge is 2.62. The van der Waals surface area contributed by atoms with Crippen molar-refractivity contribution in [2.24, 2.45) is 17.3 Å². The Hall–Kier alpha value is -2.65. The van der Waals surface area contributed by atoms with Crippen LogP contribution in [0, 0.1) is 56.7 Å². The normalized spacial score (nSPS) is 36.0. The third-order valence-electron chi connectivity index (χ3n) is 6.75. The van der Waals surface area contributed by atoms with Gasteiger partial charge in [0.05, 0.1) is 37.0 Å². The highest BCUT2D eigenvalue weighted by atomic mass is 35.5. The van der Waals surface area contributed by atoms with E-state index in [1.165, 1.54) is 4.90 Å². The molecule has 2 unspecified atom stereocenters. The number of likely N-dealkylation sites (N-methyl/N-ethyl adjacent to an activating group) is 1. The molecule has 134 valence electrons. The molecule has 0 spiro atoms. The van der Waals surface area contributed by atoms with Gasteiger partial charge in [-0.15, -0.1) is 0 Å². The summed E-state index contributed by atoms with van der Waals surface area (Å²) in [6, 6.07) is 14.3. The van der Waals surface area contributed by atoms with Crippen molar-refractivity contribution >= 4 is 17.3 Å². The monoisotopic (exact) mass is 376 g/mol. The van der Waals surface area contributed by atoms with Gasteiger partial charge >= 0.3 is 0 Å². The van der Waals surface area contributed by atoms with Gasteiger partial charge in [-0.25, -0.2) is 0 Å². The highest BCUT2D eigenvalue weighted by Crippen LogP contribution is 2.55. The zero-order valence-corrected chi connectivity index (χ0v) is 15.7. The second-order valence-electron chi connectivity index (χ2n) is 7.76. The van der Waals surface area contributed by atoms with E-state index in [-0.39, 0.29) is 17.7 Å². The SMILES string of the molecule is C[NH+]1[C@H]2C=C3C(C#N)C(=N)C(C#N)(C#N)[C@@H](c4ccc(Cl)cc4)[C@@H]3[C@@H]1CC2. The summed E-state index contributed by atoms with van der Waals surface area (Å²) in [5, 5.41) is 39.2. The van der Waals surface area contributed by atoms with Gasteiger partial charge < -0.3 is 10.3 Å². The number of quaternary nitrogens is 1. The van der Waals surface area contributed by atoms with Gasteiger partial charge in [0.25, 0.3) is 0 Å². The average molecular weight is 377 g/mol. The second kappa shape index (κ2) is 6.21. The average Bonchev–Trinajstić information content (AvgIpc) is 2.91. The van der Waals surface area contributed by atoms with Crippen LogP contribution in [0.3, 0.4) is 0 Å². The van der Waals surface area contributed by atoms with Crippen LogP contribution >= 0.6 is 11.6 Å². The summed E-state index contributed by atoms with van der Waals surface area (Å²) in [5.41, 5.74) is 0.0298. The molecule has 4 rings (SSSR count). The standard InChI is InChI=1S/C21H18ClN5/c1-27-14-6-7-17(27)18-15(8-14)16(9-23)20(26)21(10-24,11-25)19(18)12-2-4-13(22)5-3-12/h2-5,8,14,16-19,26H,6-7H2,1H3/p+1/t14-,16?,17+,18+,19+/m1/s1. The van der Waals surface area contributed by atoms with Gasteiger partial charge in [0.2, 0.25) is 0 Å². The summed E-state index contributed by atoms with van der Waals surface area (Å²) in [4.78, 5) is 1.37. The van der Waals surface area contributed by atoms with Gasteiger partial charge in [-0.3, -0.25) is 0 Å². The van der Waals surface area contributed by atoms with Crippen LogP contribution in [0.4, 0.5) is 0 Å². The molecule has 0 amide bonds. The van der Waals surface area contributed by atoms with Crippen molar-refractivity contribution < 1.29 is 4.90 Å². The van der Waals surface area contributed by atoms with Crippen molar-refractivity contribution in [1.29, 1.82) is 21.2 Å². The molecule has 2 aliphatic heterocycles. The Morgan fingerprint density at radius 3 is 2.41 bits per heavy atom. The van der Waals surface area contributed by atoms with Crippen LogP contribution in [0.15, 0.2) is 35.9 Å². The van der Waals surface area contributed by atoms with Crippen LogP contribution in [-0.2, 0) is 0 Å². The number of rotatable bonds is 1. The van der Waals surface area contributed by atoms with E-state index in [1.54, 1.807) is 12.1 Å². The maximum absolute atomic E-state index is 10.1. The van der Waals surface area contributed by atoms with Crippen LogP contribution in [0.5, 0.6) is 0 Å². The van der Waals surface area contributed by atoms with Crippen molar-refractivity contribution in [1.82, 2.24) is 0 Å². The van der Waals surface area contributed by atoms with E-state index in [0.717, 1.165) is 24.0 Å². The maximum Gasteiger partial charge on any atom is 0.189 e. The Bertz CT molecular complexity index is 944. The zero-order valence-electron chi connectivity index (χ0n) is 14.9. The summed E-state index contributed by atoms with van der Waals surface area (Å²) in [7, 11) is 2.15. The second-order valence-corrected chi connectivity index (χ2v) is 8.20. The van der Waals surface area contributed by atoms with Crippen molar-refractivity contribution in [3.8, 4) is 18.2 Å². The molecule has 6 heteroatoms. The fourth-order valence-electron chi connectivity index (χ4n) is 5.44. The first kappa shape index (κ1) is 17.7. The number of benzene rings is 1. The van der Waals surface area contributed by atoms with Gasteiger partial charge in [-0.05, 0) is 29.3 Å². The van der Waals surface area contributed by atoms with Gasteiger partial charge in [0.1, 0.15) is 12.0 Å². The van der Waals surface area contributed by atoms with E-state index in [1.807, 2.05) is 12.1 Å². The summed E-state index contributed by atoms with van der Waals surface area (Å²) >= 11 is 6.06. The number of hydrogen-bond acceptors (Lipinski definition) is 4. The van der Waals surface area contributed by atoms with Crippen LogP contribution < -0.4 is 4.90 Å². The van der Waals surface area contributed by atoms with Gasteiger partial charge in [0, 0.05) is 29.7 Å². The van der Waals surface area contributed by atoms with Crippen molar-refractivity contribution in [3.05, 3.63) is 46.5 Å². The number of nitriles is 3. The number of nitrogens with one attached hydrogen (secondary N) is 2. The molecule has 2 bridgehead atoms. The lowest BCUT2D eigenvalue weighted by atomic mass is 9.53. The van der Waals surface area contributed by atoms with Crippen LogP contribution in [0.25, 0.3) is 0 Å². The lowest BCUT2D eigenvalue weighted by Gasteiger charge is -2.48. The number of fused-ring (bicyclic) bond motifs is 4. The molecule has 6 atom stereocenters. The topological polar surface area (TPSA) is 99.7 Å². The molecule has 0 aromatic heterocycles. The molecule has 1 aromatic carbocycles. The minimum Gasteiger partial charge on any atom is -0.329 e. The molecule has 1 saturated carbocycles. The first-order valence-electron chi connectivity index (χ1n) is 9.10. The molecule has 3 aliphatic rings. The van der Waals surface area contributed by atoms with Crippen LogP contribution in [0.2, 0.25) is 5.02 Å². The Labute approximate surface area is 163 Å². The van der Waals surface area contributed by atoms with E-state index in [9.17, 15) is 15.8 Å². The molecular formula is C21H19ClN5+. The van der Waals surface area contributed by atoms with Gasteiger partial charge in [-0.2, -0.15) is 15.8 Å². The number of nitrogens with zero attached hydrogens (tertiary/aromatic N) is 3. The summed E-state index contributed by atoms with van der Waals surface area (Å²) in [6.45, 7) is 0. The molecule has 1 aliphatic carbocycles.